The summed E-state index contributed by atoms with van der Waals surface area (Å²) in [5.41, 5.74) is -5.55. The number of aromatic amines is 2. The topological polar surface area (TPSA) is 349 Å². The number of nitrogens with zero attached hydrogens (tertiary/aromatic N) is 6. The van der Waals surface area contributed by atoms with Gasteiger partial charge in [0.2, 0.25) is 11.7 Å². The van der Waals surface area contributed by atoms with Crippen molar-refractivity contribution in [2.24, 2.45) is 11.8 Å². The fraction of sp³-hybridized carbons (Fsp3) is 0.644. The fourth-order valence-corrected chi connectivity index (χ4v) is 8.97. The Hall–Kier alpha value is -6.16. The largest absolute Gasteiger partial charge is 0.393 e. The van der Waals surface area contributed by atoms with E-state index in [1.165, 1.54) is 46.0 Å². The van der Waals surface area contributed by atoms with Crippen molar-refractivity contribution in [3.05, 3.63) is 112 Å². The molecule has 77 heavy (non-hydrogen) atoms. The molecule has 32 heteroatoms. The van der Waals surface area contributed by atoms with Crippen LogP contribution in [-0.4, -0.2) is 137 Å². The van der Waals surface area contributed by atoms with Gasteiger partial charge in [-0.3, -0.25) is 37.8 Å². The first-order chi connectivity index (χ1) is 35.4. The van der Waals surface area contributed by atoms with Crippen molar-refractivity contribution >= 4 is 11.6 Å². The van der Waals surface area contributed by atoms with Gasteiger partial charge in [0, 0.05) is 49.8 Å². The van der Waals surface area contributed by atoms with E-state index in [9.17, 15) is 74.1 Å². The van der Waals surface area contributed by atoms with E-state index in [1.807, 2.05) is 9.97 Å². The molecule has 4 aromatic rings. The van der Waals surface area contributed by atoms with Crippen LogP contribution in [0.3, 0.4) is 0 Å². The average molecular weight is 1120 g/mol. The lowest BCUT2D eigenvalue weighted by molar-refractivity contribution is -0.207. The molecular weight excluding hydrogens is 1060 g/mol. The highest BCUT2D eigenvalue weighted by Gasteiger charge is 2.66. The molecule has 16 atom stereocenters. The van der Waals surface area contributed by atoms with Crippen LogP contribution in [0, 0.1) is 11.8 Å². The Balaban J connectivity index is 0.000000189. The van der Waals surface area contributed by atoms with Gasteiger partial charge >= 0.3 is 22.8 Å². The maximum atomic E-state index is 14.7. The second-order valence-electron chi connectivity index (χ2n) is 19.4. The van der Waals surface area contributed by atoms with Crippen molar-refractivity contribution in [3.8, 4) is 0 Å². The van der Waals surface area contributed by atoms with Gasteiger partial charge in [-0.05, 0) is 39.8 Å². The molecule has 8 rings (SSSR count). The number of aliphatic hydroxyl groups excluding tert-OH is 4. The first-order valence-electron chi connectivity index (χ1n) is 23.4. The minimum Gasteiger partial charge on any atom is -0.393 e. The Kier molecular flexibility index (Phi) is 17.6. The molecule has 8 heterocycles. The Morgan fingerprint density at radius 2 is 0.883 bits per heavy atom. The quantitative estimate of drug-likeness (QED) is 0.109. The van der Waals surface area contributed by atoms with Crippen LogP contribution in [0.5, 0.6) is 0 Å². The number of aliphatic hydroxyl groups is 4. The number of hydrogen-bond acceptors (Lipinski definition) is 18. The van der Waals surface area contributed by atoms with Gasteiger partial charge < -0.3 is 50.8 Å². The van der Waals surface area contributed by atoms with Crippen LogP contribution >= 0.6 is 0 Å². The van der Waals surface area contributed by atoms with Gasteiger partial charge in [0.05, 0.1) is 18.4 Å². The highest BCUT2D eigenvalue weighted by molar-refractivity contribution is 5.25. The van der Waals surface area contributed by atoms with Crippen LogP contribution in [-0.2, 0) is 18.9 Å². The Bertz CT molecular complexity index is 3020. The molecule has 24 nitrogen and oxygen atoms in total. The zero-order valence-electron chi connectivity index (χ0n) is 42.5. The van der Waals surface area contributed by atoms with Crippen LogP contribution in [0.2, 0.25) is 0 Å². The molecule has 0 radical (unpaired) electrons. The number of ether oxygens (including phenoxy) is 4. The highest BCUT2D eigenvalue weighted by Crippen LogP contribution is 2.54. The Morgan fingerprint density at radius 1 is 0.545 bits per heavy atom. The summed E-state index contributed by atoms with van der Waals surface area (Å²) in [5, 5.41) is 37.4. The third kappa shape index (κ3) is 11.3. The fourth-order valence-electron chi connectivity index (χ4n) is 8.97. The van der Waals surface area contributed by atoms with Gasteiger partial charge in [-0.2, -0.15) is 9.97 Å². The molecule has 0 amide bonds. The Labute approximate surface area is 429 Å². The van der Waals surface area contributed by atoms with Gasteiger partial charge in [0.1, 0.15) is 31.0 Å². The van der Waals surface area contributed by atoms with E-state index in [2.05, 4.69) is 14.7 Å². The van der Waals surface area contributed by atoms with E-state index in [0.29, 0.717) is 9.13 Å². The zero-order chi connectivity index (χ0) is 58.4. The van der Waals surface area contributed by atoms with Crippen molar-refractivity contribution in [2.75, 3.05) is 31.4 Å². The molecule has 4 aliphatic heterocycles. The first kappa shape index (κ1) is 61.7. The summed E-state index contributed by atoms with van der Waals surface area (Å²) in [4.78, 5) is 79.3. The first-order valence-corrected chi connectivity index (χ1v) is 23.4. The number of nitrogen functional groups attached to an aromatic ring is 2. The van der Waals surface area contributed by atoms with Crippen LogP contribution in [0.25, 0.3) is 0 Å². The zero-order valence-corrected chi connectivity index (χ0v) is 42.5. The lowest BCUT2D eigenvalue weighted by atomic mass is 9.87. The van der Waals surface area contributed by atoms with Gasteiger partial charge in [-0.25, -0.2) is 54.3 Å². The summed E-state index contributed by atoms with van der Waals surface area (Å²) < 4.78 is 137. The summed E-state index contributed by atoms with van der Waals surface area (Å²) in [6, 6.07) is 4.57. The predicted octanol–water partition coefficient (Wildman–Crippen LogP) is 1.26. The number of hydrogen-bond donors (Lipinski definition) is 8. The third-order valence-electron chi connectivity index (χ3n) is 14.3. The van der Waals surface area contributed by atoms with Crippen molar-refractivity contribution in [1.29, 1.82) is 0 Å². The maximum Gasteiger partial charge on any atom is 0.351 e. The van der Waals surface area contributed by atoms with Crippen molar-refractivity contribution in [1.82, 2.24) is 38.2 Å². The number of H-pyrrole nitrogens is 2. The molecule has 4 saturated heterocycles. The summed E-state index contributed by atoms with van der Waals surface area (Å²) in [6.07, 6.45) is -6.03. The molecule has 4 aliphatic rings. The van der Waals surface area contributed by atoms with Gasteiger partial charge in [0.25, 0.3) is 17.0 Å². The highest BCUT2D eigenvalue weighted by atomic mass is 19.2. The summed E-state index contributed by atoms with van der Waals surface area (Å²) >= 11 is 0. The van der Waals surface area contributed by atoms with Crippen molar-refractivity contribution < 1.29 is 74.5 Å². The molecular formula is C45H60F8N10O14. The average Bonchev–Trinajstić information content (AvgIpc) is 3.84. The maximum absolute atomic E-state index is 14.7. The molecule has 0 unspecified atom stereocenters. The molecule has 0 aromatic carbocycles. The van der Waals surface area contributed by atoms with Gasteiger partial charge in [-0.1, -0.05) is 27.7 Å². The summed E-state index contributed by atoms with van der Waals surface area (Å²) in [7, 11) is 0. The second-order valence-corrected chi connectivity index (χ2v) is 19.4. The van der Waals surface area contributed by atoms with E-state index in [1.54, 1.807) is 13.8 Å². The lowest BCUT2D eigenvalue weighted by Gasteiger charge is -2.27. The monoisotopic (exact) mass is 1120 g/mol. The van der Waals surface area contributed by atoms with E-state index in [4.69, 9.17) is 35.9 Å². The number of nitrogens with two attached hydrogens (primary N) is 2. The van der Waals surface area contributed by atoms with Gasteiger partial charge in [0.15, 0.2) is 59.3 Å². The van der Waals surface area contributed by atoms with E-state index in [-0.39, 0.29) is 24.5 Å². The minimum absolute atomic E-state index is 0.00132. The number of halogens is 8. The lowest BCUT2D eigenvalue weighted by Crippen LogP contribution is -2.51. The second kappa shape index (κ2) is 21.9. The molecule has 4 aromatic heterocycles. The number of aromatic nitrogens is 8. The summed E-state index contributed by atoms with van der Waals surface area (Å²) in [6.45, 7) is 6.61. The van der Waals surface area contributed by atoms with Gasteiger partial charge in [-0.15, -0.1) is 0 Å². The number of nitrogens with one attached hydrogen (secondary N) is 2. The predicted molar refractivity (Wildman–Crippen MR) is 252 cm³/mol. The third-order valence-corrected chi connectivity index (χ3v) is 14.3. The normalized spacial score (nSPS) is 38.2. The number of anilines is 2. The van der Waals surface area contributed by atoms with E-state index >= 15 is 0 Å². The SMILES string of the molecule is CC[C@@]1(F)O[C@@H](n2ccc(=O)[nH]c2=O)[C@](C)(F)[C@@H]1C.CC[C@@]1(F)O[C@@H](n2ccc(N)nc2=O)[C@](C)(F)[C@@H]1C.C[C@@]1(F)[C@H](O)[C@](CO)(CF)O[C@H]1n1ccc(=O)[nH]c1=O.C[C@]1(F)[C@H](n2ccc(N)nc2=O)O[C@](F)(CO)[C@H]1O. The molecule has 430 valence electrons. The molecule has 0 aliphatic carbocycles. The van der Waals surface area contributed by atoms with Crippen molar-refractivity contribution in [3.63, 3.8) is 0 Å². The molecule has 4 fully saturated rings. The van der Waals surface area contributed by atoms with Crippen molar-refractivity contribution in [2.45, 2.75) is 151 Å². The van der Waals surface area contributed by atoms with Crippen LogP contribution in [0.4, 0.5) is 46.8 Å². The molecule has 0 spiro atoms. The molecule has 0 bridgehead atoms. The van der Waals surface area contributed by atoms with E-state index < -0.39 is 149 Å². The van der Waals surface area contributed by atoms with Crippen LogP contribution in [0.1, 0.15) is 93.1 Å². The van der Waals surface area contributed by atoms with E-state index in [0.717, 1.165) is 53.7 Å². The molecule has 0 saturated carbocycles. The number of rotatable bonds is 9. The minimum atomic E-state index is -2.99. The van der Waals surface area contributed by atoms with Crippen LogP contribution in [0.15, 0.2) is 77.8 Å². The summed E-state index contributed by atoms with van der Waals surface area (Å²) in [5.74, 6) is -9.33. The number of alkyl halides is 8. The van der Waals surface area contributed by atoms with Crippen LogP contribution < -0.4 is 45.3 Å². The smallest absolute Gasteiger partial charge is 0.351 e. The Morgan fingerprint density at radius 3 is 1.18 bits per heavy atom. The molecule has 10 N–H and O–H groups in total. The standard InChI is InChI=1S/C12H17F2N3O2.C12H16F2N2O3.C11H14F2N2O5.C10H13F2N3O4/c1-4-12(14)7(2)11(3,13)9(19-12)17-6-5-8(15)16-10(17)18;1-4-12(14)7(2)11(3,13)9(19-12)16-6-5-8(17)15-10(16)18;1-10(13)7(18)11(4-12,5-16)20-8(10)15-3-2-6(17)14-9(15)19;1-9(11)6(17)10(12,4-16)19-7(9)15-3-2-5(13)14-8(15)18/h5-7,9H,4H2,1-3H3,(H2,15,16,18);5-7,9H,4H2,1-3H3,(H,15,17,18);2-3,7-8,16,18H,4-5H2,1H3,(H,14,17,19);2-3,6-7,16-17H,4H2,1H3,(H2,13,14,18)/t2*7-,9+,11+,12+;7-,8+,10+,11+;6-,7+,9+,10+/m0000/s1.